The largest absolute Gasteiger partial charge is 0.493 e. The molecular formula is C21H28N3O4S+. The molecule has 2 atom stereocenters. The highest BCUT2D eigenvalue weighted by molar-refractivity contribution is 7.10. The zero-order valence-electron chi connectivity index (χ0n) is 17.3. The Bertz CT molecular complexity index is 869. The molecule has 3 rings (SSSR count). The van der Waals surface area contributed by atoms with E-state index in [0.29, 0.717) is 12.3 Å². The normalized spacial score (nSPS) is 17.9. The van der Waals surface area contributed by atoms with Gasteiger partial charge < -0.3 is 24.6 Å². The minimum Gasteiger partial charge on any atom is -0.493 e. The minimum absolute atomic E-state index is 0.0379. The Kier molecular flexibility index (Phi) is 6.76. The van der Waals surface area contributed by atoms with E-state index in [1.165, 1.54) is 20.2 Å². The van der Waals surface area contributed by atoms with Crippen molar-refractivity contribution >= 4 is 23.2 Å². The van der Waals surface area contributed by atoms with Crippen LogP contribution in [0.25, 0.3) is 0 Å². The second kappa shape index (κ2) is 9.28. The van der Waals surface area contributed by atoms with Crippen molar-refractivity contribution in [3.63, 3.8) is 0 Å². The number of rotatable bonds is 7. The molecule has 1 aliphatic rings. The molecule has 2 amide bonds. The topological polar surface area (TPSA) is 72.3 Å². The Morgan fingerprint density at radius 1 is 1.28 bits per heavy atom. The molecule has 2 aromatic rings. The van der Waals surface area contributed by atoms with Crippen LogP contribution >= 0.6 is 11.3 Å². The highest BCUT2D eigenvalue weighted by Crippen LogP contribution is 2.36. The summed E-state index contributed by atoms with van der Waals surface area (Å²) in [6, 6.07) is 8.27. The van der Waals surface area contributed by atoms with Crippen LogP contribution in [0.1, 0.15) is 22.0 Å². The molecule has 0 aliphatic carbocycles. The number of thiophene rings is 1. The summed E-state index contributed by atoms with van der Waals surface area (Å²) in [5.41, 5.74) is 2.38. The van der Waals surface area contributed by atoms with E-state index in [0.717, 1.165) is 24.3 Å². The van der Waals surface area contributed by atoms with Crippen molar-refractivity contribution in [3.05, 3.63) is 45.6 Å². The molecule has 0 radical (unpaired) electrons. The third kappa shape index (κ3) is 4.54. The van der Waals surface area contributed by atoms with Gasteiger partial charge in [-0.15, -0.1) is 11.3 Å². The molecule has 0 spiro atoms. The quantitative estimate of drug-likeness (QED) is 0.687. The van der Waals surface area contributed by atoms with Crippen LogP contribution in [0.2, 0.25) is 0 Å². The third-order valence-electron chi connectivity index (χ3n) is 5.37. The summed E-state index contributed by atoms with van der Waals surface area (Å²) >= 11 is 1.69. The molecule has 7 nitrogen and oxygen atoms in total. The van der Waals surface area contributed by atoms with Crippen LogP contribution in [0, 0.1) is 0 Å². The molecule has 156 valence electrons. The van der Waals surface area contributed by atoms with Gasteiger partial charge in [0.15, 0.2) is 18.0 Å². The third-order valence-corrected chi connectivity index (χ3v) is 6.31. The monoisotopic (exact) mass is 418 g/mol. The first-order valence-electron chi connectivity index (χ1n) is 9.55. The van der Waals surface area contributed by atoms with Gasteiger partial charge in [-0.2, -0.15) is 0 Å². The second-order valence-corrected chi connectivity index (χ2v) is 8.09. The number of benzene rings is 1. The van der Waals surface area contributed by atoms with Crippen molar-refractivity contribution in [2.75, 3.05) is 47.9 Å². The van der Waals surface area contributed by atoms with Crippen LogP contribution in [0.15, 0.2) is 29.6 Å². The Balaban J connectivity index is 1.91. The van der Waals surface area contributed by atoms with Crippen molar-refractivity contribution in [2.45, 2.75) is 12.5 Å². The summed E-state index contributed by atoms with van der Waals surface area (Å²) in [6.45, 7) is 1.21. The standard InChI is InChI=1S/C21H27N3O4S/c1-22-19(25)12-23(2)20(26)13-24-8-7-14-10-16(27-3)17(28-4)11-15(14)21(24)18-6-5-9-29-18/h5-6,9-11,21H,7-8,12-13H2,1-4H3,(H,22,25)/p+1/t21-/m0/s1. The molecule has 1 aromatic heterocycles. The second-order valence-electron chi connectivity index (χ2n) is 7.11. The van der Waals surface area contributed by atoms with E-state index in [2.05, 4.69) is 16.8 Å². The van der Waals surface area contributed by atoms with Gasteiger partial charge in [-0.25, -0.2) is 0 Å². The SMILES string of the molecule is CNC(=O)CN(C)C(=O)C[NH+]1CCc2cc(OC)c(OC)cc2[C@H]1c1cccs1. The van der Waals surface area contributed by atoms with E-state index in [1.54, 1.807) is 39.7 Å². The lowest BCUT2D eigenvalue weighted by atomic mass is 9.91. The summed E-state index contributed by atoms with van der Waals surface area (Å²) in [4.78, 5) is 28.3. The van der Waals surface area contributed by atoms with E-state index >= 15 is 0 Å². The lowest BCUT2D eigenvalue weighted by Crippen LogP contribution is -3.14. The zero-order valence-corrected chi connectivity index (χ0v) is 18.1. The van der Waals surface area contributed by atoms with Crippen molar-refractivity contribution in [1.82, 2.24) is 10.2 Å². The number of methoxy groups -OCH3 is 2. The Morgan fingerprint density at radius 2 is 2.00 bits per heavy atom. The molecule has 0 bridgehead atoms. The maximum absolute atomic E-state index is 12.8. The summed E-state index contributed by atoms with van der Waals surface area (Å²) in [6.07, 6.45) is 0.847. The molecule has 29 heavy (non-hydrogen) atoms. The predicted molar refractivity (Wildman–Crippen MR) is 112 cm³/mol. The fourth-order valence-corrected chi connectivity index (χ4v) is 4.69. The number of fused-ring (bicyclic) bond motifs is 1. The highest BCUT2D eigenvalue weighted by Gasteiger charge is 2.36. The average molecular weight is 419 g/mol. The van der Waals surface area contributed by atoms with Crippen molar-refractivity contribution in [3.8, 4) is 11.5 Å². The molecular weight excluding hydrogens is 390 g/mol. The molecule has 8 heteroatoms. The van der Waals surface area contributed by atoms with Gasteiger partial charge in [-0.1, -0.05) is 6.07 Å². The van der Waals surface area contributed by atoms with Crippen molar-refractivity contribution in [2.24, 2.45) is 0 Å². The zero-order chi connectivity index (χ0) is 21.0. The Hall–Kier alpha value is -2.58. The lowest BCUT2D eigenvalue weighted by molar-refractivity contribution is -0.920. The highest BCUT2D eigenvalue weighted by atomic mass is 32.1. The fraction of sp³-hybridized carbons (Fsp3) is 0.429. The van der Waals surface area contributed by atoms with E-state index < -0.39 is 0 Å². The summed E-state index contributed by atoms with van der Waals surface area (Å²) < 4.78 is 11.0. The molecule has 2 N–H and O–H groups in total. The van der Waals surface area contributed by atoms with Crippen molar-refractivity contribution in [1.29, 1.82) is 0 Å². The molecule has 2 heterocycles. The molecule has 0 fully saturated rings. The van der Waals surface area contributed by atoms with Crippen LogP contribution in [0.5, 0.6) is 11.5 Å². The minimum atomic E-state index is -0.175. The van der Waals surface area contributed by atoms with Gasteiger partial charge >= 0.3 is 0 Å². The van der Waals surface area contributed by atoms with Crippen LogP contribution in [0.4, 0.5) is 0 Å². The number of likely N-dealkylation sites (N-methyl/N-ethyl adjacent to an activating group) is 2. The number of hydrogen-bond acceptors (Lipinski definition) is 5. The first-order valence-corrected chi connectivity index (χ1v) is 10.4. The van der Waals surface area contributed by atoms with E-state index in [4.69, 9.17) is 9.47 Å². The first-order chi connectivity index (χ1) is 14.0. The van der Waals surface area contributed by atoms with Gasteiger partial charge in [0.05, 0.1) is 32.2 Å². The van der Waals surface area contributed by atoms with Crippen LogP contribution < -0.4 is 19.7 Å². The number of carbonyl (C=O) groups is 2. The fourth-order valence-electron chi connectivity index (χ4n) is 3.79. The smallest absolute Gasteiger partial charge is 0.277 e. The van der Waals surface area contributed by atoms with Gasteiger partial charge in [0.25, 0.3) is 5.91 Å². The van der Waals surface area contributed by atoms with Gasteiger partial charge in [-0.3, -0.25) is 9.59 Å². The lowest BCUT2D eigenvalue weighted by Gasteiger charge is -2.34. The average Bonchev–Trinajstić information content (AvgIpc) is 3.26. The van der Waals surface area contributed by atoms with Crippen LogP contribution in [0.3, 0.4) is 0 Å². The van der Waals surface area contributed by atoms with Crippen molar-refractivity contribution < 1.29 is 24.0 Å². The molecule has 0 saturated heterocycles. The Morgan fingerprint density at radius 3 is 2.62 bits per heavy atom. The summed E-state index contributed by atoms with van der Waals surface area (Å²) in [7, 11) is 6.52. The first kappa shape index (κ1) is 21.1. The van der Waals surface area contributed by atoms with E-state index in [1.807, 2.05) is 18.2 Å². The Labute approximate surface area is 175 Å². The van der Waals surface area contributed by atoms with Gasteiger partial charge in [0.1, 0.15) is 6.04 Å². The number of quaternary nitrogens is 1. The molecule has 1 aliphatic heterocycles. The predicted octanol–water partition coefficient (Wildman–Crippen LogP) is 0.500. The van der Waals surface area contributed by atoms with Gasteiger partial charge in [0, 0.05) is 26.1 Å². The maximum atomic E-state index is 12.8. The van der Waals surface area contributed by atoms with Gasteiger partial charge in [0.2, 0.25) is 5.91 Å². The van der Waals surface area contributed by atoms with Crippen LogP contribution in [-0.4, -0.2) is 64.7 Å². The number of ether oxygens (including phenoxy) is 2. The van der Waals surface area contributed by atoms with Gasteiger partial charge in [-0.05, 0) is 29.1 Å². The molecule has 1 unspecified atom stereocenters. The van der Waals surface area contributed by atoms with E-state index in [9.17, 15) is 9.59 Å². The molecule has 0 saturated carbocycles. The number of carbonyl (C=O) groups excluding carboxylic acids is 2. The number of amides is 2. The van der Waals surface area contributed by atoms with Crippen LogP contribution in [-0.2, 0) is 16.0 Å². The number of nitrogens with one attached hydrogen (secondary N) is 2. The van der Waals surface area contributed by atoms with E-state index in [-0.39, 0.29) is 24.4 Å². The maximum Gasteiger partial charge on any atom is 0.277 e. The number of nitrogens with zero attached hydrogens (tertiary/aromatic N) is 1. The summed E-state index contributed by atoms with van der Waals surface area (Å²) in [5, 5.41) is 4.62. The number of hydrogen-bond donors (Lipinski definition) is 2. The summed E-state index contributed by atoms with van der Waals surface area (Å²) in [5.74, 6) is 1.19. The molecule has 1 aromatic carbocycles.